The summed E-state index contributed by atoms with van der Waals surface area (Å²) in [6.45, 7) is 35.2. The van der Waals surface area contributed by atoms with E-state index >= 15 is 0 Å². The van der Waals surface area contributed by atoms with Gasteiger partial charge in [-0.1, -0.05) is 114 Å². The molecule has 6 aromatic heterocycles. The maximum atomic E-state index is 12.8. The first-order valence-electron chi connectivity index (χ1n) is 44.0. The minimum absolute atomic E-state index is 0.0475. The molecule has 0 radical (unpaired) electrons. The number of ether oxygens (including phenoxy) is 6. The molecule has 10 rings (SSSR count). The van der Waals surface area contributed by atoms with Gasteiger partial charge in [-0.2, -0.15) is 9.97 Å². The lowest BCUT2D eigenvalue weighted by Gasteiger charge is -2.35. The van der Waals surface area contributed by atoms with E-state index in [1.165, 1.54) is 80.1 Å². The highest BCUT2D eigenvalue weighted by Gasteiger charge is 2.25. The molecule has 2 fully saturated rings. The molecule has 2 aliphatic heterocycles. The van der Waals surface area contributed by atoms with E-state index in [1.54, 1.807) is 16.3 Å². The number of nitrogens with one attached hydrogen (secondary N) is 4. The number of nitrogens with zero attached hydrogens (tertiary/aromatic N) is 16. The van der Waals surface area contributed by atoms with Crippen LogP contribution in [-0.4, -0.2) is 283 Å². The van der Waals surface area contributed by atoms with Crippen LogP contribution in [0.3, 0.4) is 0 Å². The van der Waals surface area contributed by atoms with Gasteiger partial charge in [0.05, 0.1) is 114 Å². The van der Waals surface area contributed by atoms with Gasteiger partial charge in [-0.15, -0.1) is 10.2 Å². The number of unbranched alkanes of at least 4 members (excludes halogenated alkanes) is 4. The third kappa shape index (κ3) is 36.5. The average molecular weight is 1730 g/mol. The number of nitrogen functional groups attached to an aromatic ring is 2. The lowest BCUT2D eigenvalue weighted by molar-refractivity contribution is -0.143. The molecule has 36 nitrogen and oxygen atoms in total. The molecule has 124 heavy (non-hydrogen) atoms. The number of hydrogen-bond donors (Lipinski definition) is 8. The van der Waals surface area contributed by atoms with Crippen molar-refractivity contribution in [3.05, 3.63) is 118 Å². The van der Waals surface area contributed by atoms with Crippen LogP contribution in [0.4, 0.5) is 23.5 Å². The lowest BCUT2D eigenvalue weighted by atomic mass is 10.0. The van der Waals surface area contributed by atoms with Gasteiger partial charge in [0.2, 0.25) is 35.5 Å². The summed E-state index contributed by atoms with van der Waals surface area (Å²) in [5.41, 5.74) is 25.3. The molecule has 2 aliphatic rings. The summed E-state index contributed by atoms with van der Waals surface area (Å²) in [5, 5.41) is 44.5. The van der Waals surface area contributed by atoms with Gasteiger partial charge in [0, 0.05) is 169 Å². The largest absolute Gasteiger partial charge is 0.481 e. The van der Waals surface area contributed by atoms with Crippen molar-refractivity contribution in [3.63, 3.8) is 0 Å². The van der Waals surface area contributed by atoms with Crippen molar-refractivity contribution >= 4 is 81.2 Å². The fourth-order valence-electron chi connectivity index (χ4n) is 13.8. The lowest BCUT2D eigenvalue weighted by Crippen LogP contribution is -2.48. The number of carbonyl (C=O) groups excluding carboxylic acids is 4. The number of piperazine rings is 2. The number of aliphatic carboxylic acids is 2. The first-order chi connectivity index (χ1) is 60.0. The summed E-state index contributed by atoms with van der Waals surface area (Å²) in [6.07, 6.45) is 19.0. The van der Waals surface area contributed by atoms with Gasteiger partial charge in [-0.05, 0) is 97.9 Å². The molecule has 0 saturated carbocycles. The Labute approximate surface area is 729 Å². The van der Waals surface area contributed by atoms with E-state index in [4.69, 9.17) is 50.1 Å². The number of aryl methyl sites for hydroxylation is 4. The number of anilines is 4. The smallest absolute Gasteiger partial charge is 0.306 e. The Morgan fingerprint density at radius 3 is 1.23 bits per heavy atom. The monoisotopic (exact) mass is 1730 g/mol. The fraction of sp³-hybridized carbons (Fsp3) is 0.614. The number of rotatable bonds is 52. The van der Waals surface area contributed by atoms with E-state index < -0.39 is 23.8 Å². The summed E-state index contributed by atoms with van der Waals surface area (Å²) in [5.74, 6) is -0.819. The normalized spacial score (nSPS) is 13.5. The van der Waals surface area contributed by atoms with Crippen molar-refractivity contribution in [2.75, 3.05) is 181 Å². The first-order valence-corrected chi connectivity index (χ1v) is 44.0. The molecule has 36 heteroatoms. The van der Waals surface area contributed by atoms with E-state index in [9.17, 15) is 28.8 Å². The molecule has 684 valence electrons. The Morgan fingerprint density at radius 1 is 0.476 bits per heavy atom. The van der Waals surface area contributed by atoms with Gasteiger partial charge in [-0.25, -0.2) is 19.3 Å². The van der Waals surface area contributed by atoms with E-state index in [0.717, 1.165) is 162 Å². The topological polar surface area (TPSA) is 434 Å². The molecule has 4 amide bonds. The zero-order valence-electron chi connectivity index (χ0n) is 74.9. The predicted molar refractivity (Wildman–Crippen MR) is 477 cm³/mol. The van der Waals surface area contributed by atoms with E-state index in [0.29, 0.717) is 118 Å². The number of carboxylic acid groups (broad SMARTS) is 2. The van der Waals surface area contributed by atoms with Gasteiger partial charge in [-0.3, -0.25) is 38.6 Å². The Kier molecular flexibility index (Phi) is 45.9. The molecular formula is C88H138N22O14. The van der Waals surface area contributed by atoms with E-state index in [-0.39, 0.29) is 48.4 Å². The SMILES string of the molecule is CCCCCNc1nc(N)nc2ccn(Cc3ccc(CN4CCN(C(=O)CCCOCCOCCOCCn5cc(CC)nn5)CC4)cc3C)c12.CCCCCNc1nc(N)nc2ccn(Cc3ccc(CN4CCN(C(=O)CCCOCCOCCOCCn5cc(CC)nn5)CC4)cc3C)c12.CNC(=O)C(C)CC(=O)O.CNC(=O)CC(C)C(=O)O. The van der Waals surface area contributed by atoms with Crippen molar-refractivity contribution in [2.24, 2.45) is 11.8 Å². The van der Waals surface area contributed by atoms with Crippen molar-refractivity contribution in [3.8, 4) is 0 Å². The average Bonchev–Trinajstić information content (AvgIpc) is 1.64. The highest BCUT2D eigenvalue weighted by molar-refractivity contribution is 5.89. The Bertz CT molecular complexity index is 4240. The summed E-state index contributed by atoms with van der Waals surface area (Å²) in [7, 11) is 2.97. The third-order valence-electron chi connectivity index (χ3n) is 21.2. The Morgan fingerprint density at radius 2 is 0.879 bits per heavy atom. The van der Waals surface area contributed by atoms with E-state index in [1.807, 2.05) is 34.3 Å². The maximum absolute atomic E-state index is 12.8. The van der Waals surface area contributed by atoms with E-state index in [2.05, 4.69) is 171 Å². The minimum Gasteiger partial charge on any atom is -0.481 e. The molecule has 10 N–H and O–H groups in total. The molecule has 2 saturated heterocycles. The quantitative estimate of drug-likeness (QED) is 0.0166. The molecule has 2 atom stereocenters. The van der Waals surface area contributed by atoms with Crippen LogP contribution in [0, 0.1) is 25.7 Å². The number of aromatic nitrogens is 12. The summed E-state index contributed by atoms with van der Waals surface area (Å²) < 4.78 is 41.7. The maximum Gasteiger partial charge on any atom is 0.306 e. The fourth-order valence-corrected chi connectivity index (χ4v) is 13.8. The van der Waals surface area contributed by atoms with Crippen molar-refractivity contribution in [2.45, 2.75) is 185 Å². The van der Waals surface area contributed by atoms with Crippen LogP contribution in [-0.2, 0) is 109 Å². The Balaban J connectivity index is 0.000000278. The number of carboxylic acids is 2. The van der Waals surface area contributed by atoms with Crippen molar-refractivity contribution < 1.29 is 67.4 Å². The number of carbonyl (C=O) groups is 6. The van der Waals surface area contributed by atoms with Crippen LogP contribution in [0.2, 0.25) is 0 Å². The van der Waals surface area contributed by atoms with Gasteiger partial charge in [0.1, 0.15) is 11.0 Å². The number of amides is 4. The molecule has 2 unspecified atom stereocenters. The Hall–Kier alpha value is -10.3. The zero-order valence-corrected chi connectivity index (χ0v) is 74.9. The number of benzene rings is 2. The van der Waals surface area contributed by atoms with Crippen LogP contribution in [0.15, 0.2) is 73.3 Å². The minimum atomic E-state index is -0.948. The van der Waals surface area contributed by atoms with Gasteiger partial charge in [0.25, 0.3) is 0 Å². The van der Waals surface area contributed by atoms with Crippen LogP contribution in [0.25, 0.3) is 22.1 Å². The highest BCUT2D eigenvalue weighted by Crippen LogP contribution is 2.28. The molecule has 8 heterocycles. The number of fused-ring (bicyclic) bond motifs is 2. The number of hydrogen-bond acceptors (Lipinski definition) is 26. The van der Waals surface area contributed by atoms with Gasteiger partial charge < -0.3 is 90.3 Å². The second-order valence-corrected chi connectivity index (χ2v) is 31.1. The predicted octanol–water partition coefficient (Wildman–Crippen LogP) is 8.29. The summed E-state index contributed by atoms with van der Waals surface area (Å²) >= 11 is 0. The summed E-state index contributed by atoms with van der Waals surface area (Å²) in [6, 6.07) is 17.5. The standard InChI is InChI=1S/2C38H58N10O4.2C6H11NO3/c2*1-4-6-7-13-40-37-36-34(41-38(39)42-37)12-14-47(36)28-32-11-10-31(26-30(32)3)27-45-15-17-46(18-16-45)35(49)9-8-20-50-22-24-52-25-23-51-21-19-48-29-33(5-2)43-44-48;1-4(3-5(8)9)6(10)7-2;1-4(6(9)10)3-5(8)7-2/h2*10-12,14,26,29H,4-9,13,15-25,27-28H2,1-3H3,(H3,39,40,41,42);4H,3H2,1-2H3,(H,7,10)(H,8,9);4H,3H2,1-2H3,(H,7,8)(H,9,10). The van der Waals surface area contributed by atoms with Crippen LogP contribution in [0.5, 0.6) is 0 Å². The second-order valence-electron chi connectivity index (χ2n) is 31.1. The molecule has 2 aromatic carbocycles. The molecular weight excluding hydrogens is 1590 g/mol. The number of nitrogens with two attached hydrogens (primary N) is 2. The van der Waals surface area contributed by atoms with Gasteiger partial charge >= 0.3 is 11.9 Å². The molecule has 0 spiro atoms. The van der Waals surface area contributed by atoms with Crippen molar-refractivity contribution in [1.82, 2.24) is 89.3 Å². The second kappa shape index (κ2) is 56.5. The molecule has 0 aliphatic carbocycles. The van der Waals surface area contributed by atoms with Crippen LogP contribution >= 0.6 is 0 Å². The third-order valence-corrected chi connectivity index (χ3v) is 21.2. The summed E-state index contributed by atoms with van der Waals surface area (Å²) in [4.78, 5) is 93.9. The molecule has 0 bridgehead atoms. The van der Waals surface area contributed by atoms with Crippen LogP contribution < -0.4 is 32.7 Å². The molecule has 8 aromatic rings. The highest BCUT2D eigenvalue weighted by atomic mass is 16.5. The zero-order chi connectivity index (χ0) is 89.4. The van der Waals surface area contributed by atoms with Crippen molar-refractivity contribution in [1.29, 1.82) is 0 Å². The first kappa shape index (κ1) is 101. The van der Waals surface area contributed by atoms with Crippen LogP contribution in [0.1, 0.15) is 163 Å². The van der Waals surface area contributed by atoms with Gasteiger partial charge in [0.15, 0.2) is 11.6 Å².